The Morgan fingerprint density at radius 1 is 1.52 bits per heavy atom. The fourth-order valence-electron chi connectivity index (χ4n) is 1.79. The van der Waals surface area contributed by atoms with E-state index >= 15 is 0 Å². The Morgan fingerprint density at radius 3 is 2.95 bits per heavy atom. The molecule has 1 aromatic heterocycles. The maximum absolute atomic E-state index is 12.1. The third kappa shape index (κ3) is 3.79. The molecule has 6 nitrogen and oxygen atoms in total. The molecule has 0 spiro atoms. The number of aryl methyl sites for hydroxylation is 1. The van der Waals surface area contributed by atoms with Gasteiger partial charge in [-0.3, -0.25) is 10.1 Å². The molecule has 0 fully saturated rings. The Kier molecular flexibility index (Phi) is 4.54. The number of anilines is 1. The van der Waals surface area contributed by atoms with Crippen molar-refractivity contribution in [2.45, 2.75) is 6.92 Å². The fourth-order valence-corrected chi connectivity index (χ4v) is 2.75. The van der Waals surface area contributed by atoms with Crippen LogP contribution in [0.2, 0.25) is 0 Å². The van der Waals surface area contributed by atoms with Crippen LogP contribution in [0.3, 0.4) is 0 Å². The number of aliphatic carboxylic acids is 1. The predicted molar refractivity (Wildman–Crippen MR) is 82.8 cm³/mol. The van der Waals surface area contributed by atoms with Gasteiger partial charge in [-0.1, -0.05) is 23.5 Å². The van der Waals surface area contributed by atoms with Gasteiger partial charge in [0, 0.05) is 6.54 Å². The van der Waals surface area contributed by atoms with E-state index < -0.39 is 12.0 Å². The lowest BCUT2D eigenvalue weighted by Crippen LogP contribution is -2.38. The summed E-state index contributed by atoms with van der Waals surface area (Å²) in [6.07, 6.45) is 1.48. The van der Waals surface area contributed by atoms with Gasteiger partial charge in [-0.15, -0.1) is 6.58 Å². The molecule has 7 heteroatoms. The van der Waals surface area contributed by atoms with Crippen LogP contribution in [-0.4, -0.2) is 40.1 Å². The number of nitrogens with one attached hydrogen (secondary N) is 1. The number of thiazole rings is 1. The quantitative estimate of drug-likeness (QED) is 0.832. The first-order valence-electron chi connectivity index (χ1n) is 6.25. The van der Waals surface area contributed by atoms with Crippen molar-refractivity contribution in [3.63, 3.8) is 0 Å². The standard InChI is InChI=1S/C14H15N3O3S/c1-3-6-17(8-12(18)19)14(20)16-13-15-10-5-4-9(2)7-11(10)21-13/h3-5,7H,1,6,8H2,2H3,(H,18,19)(H,15,16,20). The molecule has 0 saturated carbocycles. The number of nitrogens with zero attached hydrogens (tertiary/aromatic N) is 2. The van der Waals surface area contributed by atoms with Gasteiger partial charge in [0.2, 0.25) is 0 Å². The van der Waals surface area contributed by atoms with Crippen LogP contribution in [0.1, 0.15) is 5.56 Å². The number of hydrogen-bond donors (Lipinski definition) is 2. The molecule has 2 rings (SSSR count). The van der Waals surface area contributed by atoms with Crippen LogP contribution >= 0.6 is 11.3 Å². The molecule has 2 aromatic rings. The predicted octanol–water partition coefficient (Wildman–Crippen LogP) is 2.71. The molecule has 1 aromatic carbocycles. The number of aromatic nitrogens is 1. The highest BCUT2D eigenvalue weighted by Crippen LogP contribution is 2.26. The summed E-state index contributed by atoms with van der Waals surface area (Å²) in [5.74, 6) is -1.08. The third-order valence-electron chi connectivity index (χ3n) is 2.72. The molecule has 1 heterocycles. The molecule has 0 radical (unpaired) electrons. The summed E-state index contributed by atoms with van der Waals surface area (Å²) in [4.78, 5) is 28.3. The number of amides is 2. The number of rotatable bonds is 5. The van der Waals surface area contributed by atoms with Crippen molar-refractivity contribution in [3.8, 4) is 0 Å². The van der Waals surface area contributed by atoms with Crippen molar-refractivity contribution in [3.05, 3.63) is 36.4 Å². The number of fused-ring (bicyclic) bond motifs is 1. The van der Waals surface area contributed by atoms with Crippen molar-refractivity contribution < 1.29 is 14.7 Å². The second-order valence-electron chi connectivity index (χ2n) is 4.48. The summed E-state index contributed by atoms with van der Waals surface area (Å²) in [7, 11) is 0. The van der Waals surface area contributed by atoms with Gasteiger partial charge in [-0.2, -0.15) is 0 Å². The normalized spacial score (nSPS) is 10.3. The average molecular weight is 305 g/mol. The zero-order chi connectivity index (χ0) is 15.4. The van der Waals surface area contributed by atoms with Gasteiger partial charge in [0.15, 0.2) is 5.13 Å². The molecule has 0 bridgehead atoms. The zero-order valence-corrected chi connectivity index (χ0v) is 12.3. The topological polar surface area (TPSA) is 82.5 Å². The van der Waals surface area contributed by atoms with Crippen LogP contribution < -0.4 is 5.32 Å². The zero-order valence-electron chi connectivity index (χ0n) is 11.5. The summed E-state index contributed by atoms with van der Waals surface area (Å²) < 4.78 is 0.971. The maximum atomic E-state index is 12.1. The summed E-state index contributed by atoms with van der Waals surface area (Å²) in [6.45, 7) is 5.26. The summed E-state index contributed by atoms with van der Waals surface area (Å²) in [5.41, 5.74) is 1.91. The molecule has 2 N–H and O–H groups in total. The Hall–Kier alpha value is -2.41. The second-order valence-corrected chi connectivity index (χ2v) is 5.51. The van der Waals surface area contributed by atoms with E-state index in [0.717, 1.165) is 20.7 Å². The maximum Gasteiger partial charge on any atom is 0.324 e. The molecule has 2 amide bonds. The lowest BCUT2D eigenvalue weighted by Gasteiger charge is -2.18. The smallest absolute Gasteiger partial charge is 0.324 e. The Morgan fingerprint density at radius 2 is 2.29 bits per heavy atom. The van der Waals surface area contributed by atoms with E-state index in [4.69, 9.17) is 5.11 Å². The monoisotopic (exact) mass is 305 g/mol. The van der Waals surface area contributed by atoms with Crippen molar-refractivity contribution >= 4 is 38.7 Å². The number of carbonyl (C=O) groups excluding carboxylic acids is 1. The molecule has 0 aliphatic rings. The Labute approximate surface area is 125 Å². The van der Waals surface area contributed by atoms with E-state index in [1.165, 1.54) is 17.4 Å². The van der Waals surface area contributed by atoms with Gasteiger partial charge < -0.3 is 10.0 Å². The largest absolute Gasteiger partial charge is 0.480 e. The molecule has 0 atom stereocenters. The van der Waals surface area contributed by atoms with Crippen LogP contribution in [0.25, 0.3) is 10.2 Å². The number of benzene rings is 1. The molecule has 0 aliphatic heterocycles. The van der Waals surface area contributed by atoms with E-state index in [0.29, 0.717) is 5.13 Å². The summed E-state index contributed by atoms with van der Waals surface area (Å²) >= 11 is 1.35. The van der Waals surface area contributed by atoms with E-state index in [9.17, 15) is 9.59 Å². The number of carbonyl (C=O) groups is 2. The van der Waals surface area contributed by atoms with Crippen molar-refractivity contribution in [1.82, 2.24) is 9.88 Å². The number of urea groups is 1. The molecule has 0 aliphatic carbocycles. The van der Waals surface area contributed by atoms with Gasteiger partial charge in [-0.25, -0.2) is 9.78 Å². The minimum atomic E-state index is -1.08. The van der Waals surface area contributed by atoms with Gasteiger partial charge in [0.25, 0.3) is 0 Å². The van der Waals surface area contributed by atoms with E-state index in [1.807, 2.05) is 25.1 Å². The third-order valence-corrected chi connectivity index (χ3v) is 3.65. The van der Waals surface area contributed by atoms with Gasteiger partial charge in [0.1, 0.15) is 6.54 Å². The average Bonchev–Trinajstić information content (AvgIpc) is 2.79. The molecule has 0 saturated heterocycles. The molecular formula is C14H15N3O3S. The molecule has 110 valence electrons. The highest BCUT2D eigenvalue weighted by molar-refractivity contribution is 7.22. The van der Waals surface area contributed by atoms with Gasteiger partial charge >= 0.3 is 12.0 Å². The van der Waals surface area contributed by atoms with Crippen LogP contribution in [0.15, 0.2) is 30.9 Å². The first-order chi connectivity index (χ1) is 9.99. The van der Waals surface area contributed by atoms with Crippen molar-refractivity contribution in [1.29, 1.82) is 0 Å². The molecule has 0 unspecified atom stereocenters. The lowest BCUT2D eigenvalue weighted by atomic mass is 10.2. The Bertz CT molecular complexity index is 696. The SMILES string of the molecule is C=CCN(CC(=O)O)C(=O)Nc1nc2ccc(C)cc2s1. The highest BCUT2D eigenvalue weighted by Gasteiger charge is 2.17. The van der Waals surface area contributed by atoms with E-state index in [1.54, 1.807) is 0 Å². The first kappa shape index (κ1) is 15.0. The Balaban J connectivity index is 2.15. The highest BCUT2D eigenvalue weighted by atomic mass is 32.1. The van der Waals surface area contributed by atoms with E-state index in [2.05, 4.69) is 16.9 Å². The second kappa shape index (κ2) is 6.36. The fraction of sp³-hybridized carbons (Fsp3) is 0.214. The minimum absolute atomic E-state index is 0.155. The summed E-state index contributed by atoms with van der Waals surface area (Å²) in [5, 5.41) is 11.9. The number of carboxylic acid groups (broad SMARTS) is 1. The van der Waals surface area contributed by atoms with Crippen molar-refractivity contribution in [2.24, 2.45) is 0 Å². The summed E-state index contributed by atoms with van der Waals surface area (Å²) in [6, 6.07) is 5.31. The van der Waals surface area contributed by atoms with Crippen LogP contribution in [-0.2, 0) is 4.79 Å². The van der Waals surface area contributed by atoms with Gasteiger partial charge in [-0.05, 0) is 24.6 Å². The van der Waals surface area contributed by atoms with Crippen molar-refractivity contribution in [2.75, 3.05) is 18.4 Å². The number of carboxylic acids is 1. The van der Waals surface area contributed by atoms with Crippen LogP contribution in [0, 0.1) is 6.92 Å². The minimum Gasteiger partial charge on any atom is -0.480 e. The van der Waals surface area contributed by atoms with Gasteiger partial charge in [0.05, 0.1) is 10.2 Å². The lowest BCUT2D eigenvalue weighted by molar-refractivity contribution is -0.137. The molecule has 21 heavy (non-hydrogen) atoms. The van der Waals surface area contributed by atoms with E-state index in [-0.39, 0.29) is 13.1 Å². The molecular weight excluding hydrogens is 290 g/mol. The number of hydrogen-bond acceptors (Lipinski definition) is 4. The van der Waals surface area contributed by atoms with Crippen LogP contribution in [0.4, 0.5) is 9.93 Å². The first-order valence-corrected chi connectivity index (χ1v) is 7.07. The van der Waals surface area contributed by atoms with Crippen LogP contribution in [0.5, 0.6) is 0 Å².